The van der Waals surface area contributed by atoms with E-state index in [4.69, 9.17) is 0 Å². The van der Waals surface area contributed by atoms with Gasteiger partial charge in [0.1, 0.15) is 0 Å². The molecule has 1 aromatic heterocycles. The molecular weight excluding hydrogens is 304 g/mol. The van der Waals surface area contributed by atoms with E-state index in [-0.39, 0.29) is 0 Å². The van der Waals surface area contributed by atoms with Gasteiger partial charge in [0, 0.05) is 42.1 Å². The summed E-state index contributed by atoms with van der Waals surface area (Å²) < 4.78 is 2.34. The van der Waals surface area contributed by atoms with E-state index in [1.807, 2.05) is 0 Å². The van der Waals surface area contributed by atoms with Gasteiger partial charge < -0.3 is 9.47 Å². The first kappa shape index (κ1) is 14.6. The van der Waals surface area contributed by atoms with E-state index in [1.54, 1.807) is 0 Å². The molecule has 1 aliphatic heterocycles. The number of fused-ring (bicyclic) bond motifs is 3. The molecule has 0 radical (unpaired) electrons. The quantitative estimate of drug-likeness (QED) is 0.465. The molecule has 0 atom stereocenters. The van der Waals surface area contributed by atoms with Gasteiger partial charge in [0.25, 0.3) is 0 Å². The zero-order chi connectivity index (χ0) is 16.8. The Morgan fingerprint density at radius 1 is 0.720 bits per heavy atom. The number of benzene rings is 3. The molecule has 2 heteroatoms. The van der Waals surface area contributed by atoms with Crippen LogP contribution in [0.2, 0.25) is 0 Å². The van der Waals surface area contributed by atoms with E-state index in [2.05, 4.69) is 83.2 Å². The minimum absolute atomic E-state index is 1.16. The second kappa shape index (κ2) is 5.66. The summed E-state index contributed by atoms with van der Waals surface area (Å²) in [5.41, 5.74) is 6.62. The van der Waals surface area contributed by atoms with E-state index >= 15 is 0 Å². The van der Waals surface area contributed by atoms with Crippen molar-refractivity contribution in [2.75, 3.05) is 18.0 Å². The SMILES string of the molecule is Cn1c2ccccc2c2c(N3CCCC3)cc(-c3ccccc3)cc21. The van der Waals surface area contributed by atoms with Gasteiger partial charge >= 0.3 is 0 Å². The second-order valence-corrected chi connectivity index (χ2v) is 7.03. The fourth-order valence-electron chi connectivity index (χ4n) is 4.26. The molecule has 0 saturated carbocycles. The van der Waals surface area contributed by atoms with Crippen LogP contribution in [0.5, 0.6) is 0 Å². The molecule has 124 valence electrons. The van der Waals surface area contributed by atoms with Gasteiger partial charge in [-0.05, 0) is 42.2 Å². The van der Waals surface area contributed by atoms with Crippen LogP contribution in [0.3, 0.4) is 0 Å². The Bertz CT molecular complexity index is 1050. The Morgan fingerprint density at radius 2 is 1.44 bits per heavy atom. The van der Waals surface area contributed by atoms with E-state index in [9.17, 15) is 0 Å². The lowest BCUT2D eigenvalue weighted by Gasteiger charge is -2.20. The van der Waals surface area contributed by atoms with Gasteiger partial charge in [0.2, 0.25) is 0 Å². The Hall–Kier alpha value is -2.74. The number of anilines is 1. The molecule has 2 nitrogen and oxygen atoms in total. The summed E-state index contributed by atoms with van der Waals surface area (Å²) in [6, 6.07) is 24.3. The van der Waals surface area contributed by atoms with E-state index in [1.165, 1.54) is 51.5 Å². The summed E-state index contributed by atoms with van der Waals surface area (Å²) in [5.74, 6) is 0. The van der Waals surface area contributed by atoms with Gasteiger partial charge in [-0.25, -0.2) is 0 Å². The number of rotatable bonds is 2. The minimum atomic E-state index is 1.16. The van der Waals surface area contributed by atoms with Crippen LogP contribution in [0.1, 0.15) is 12.8 Å². The van der Waals surface area contributed by atoms with Crippen LogP contribution in [0.25, 0.3) is 32.9 Å². The summed E-state index contributed by atoms with van der Waals surface area (Å²) in [4.78, 5) is 2.57. The molecule has 2 heterocycles. The van der Waals surface area contributed by atoms with Gasteiger partial charge in [0.15, 0.2) is 0 Å². The van der Waals surface area contributed by atoms with Crippen molar-refractivity contribution in [3.8, 4) is 11.1 Å². The average molecular weight is 326 g/mol. The molecule has 5 rings (SSSR count). The second-order valence-electron chi connectivity index (χ2n) is 7.03. The highest BCUT2D eigenvalue weighted by atomic mass is 15.1. The van der Waals surface area contributed by atoms with Crippen LogP contribution in [0.15, 0.2) is 66.7 Å². The van der Waals surface area contributed by atoms with E-state index < -0.39 is 0 Å². The predicted octanol–water partition coefficient (Wildman–Crippen LogP) is 5.60. The third-order valence-corrected chi connectivity index (χ3v) is 5.55. The lowest BCUT2D eigenvalue weighted by atomic mass is 10.0. The average Bonchev–Trinajstić information content (AvgIpc) is 3.30. The molecule has 0 aliphatic carbocycles. The van der Waals surface area contributed by atoms with Crippen LogP contribution in [0, 0.1) is 0 Å². The molecule has 3 aromatic carbocycles. The molecule has 0 spiro atoms. The number of hydrogen-bond acceptors (Lipinski definition) is 1. The molecule has 1 fully saturated rings. The van der Waals surface area contributed by atoms with Crippen LogP contribution in [-0.2, 0) is 7.05 Å². The third-order valence-electron chi connectivity index (χ3n) is 5.55. The van der Waals surface area contributed by atoms with Crippen molar-refractivity contribution in [1.82, 2.24) is 4.57 Å². The van der Waals surface area contributed by atoms with E-state index in [0.717, 1.165) is 13.1 Å². The highest BCUT2D eigenvalue weighted by Crippen LogP contribution is 2.40. The van der Waals surface area contributed by atoms with Crippen LogP contribution in [0.4, 0.5) is 5.69 Å². The lowest BCUT2D eigenvalue weighted by molar-refractivity contribution is 0.949. The van der Waals surface area contributed by atoms with Crippen molar-refractivity contribution in [3.63, 3.8) is 0 Å². The number of aromatic nitrogens is 1. The third kappa shape index (κ3) is 2.25. The number of hydrogen-bond donors (Lipinski definition) is 0. The van der Waals surface area contributed by atoms with Crippen molar-refractivity contribution in [1.29, 1.82) is 0 Å². The van der Waals surface area contributed by atoms with Gasteiger partial charge in [-0.2, -0.15) is 0 Å². The minimum Gasteiger partial charge on any atom is -0.371 e. The monoisotopic (exact) mass is 326 g/mol. The number of aryl methyl sites for hydroxylation is 1. The Labute approximate surface area is 148 Å². The molecule has 0 N–H and O–H groups in total. The predicted molar refractivity (Wildman–Crippen MR) is 107 cm³/mol. The van der Waals surface area contributed by atoms with Crippen molar-refractivity contribution in [2.24, 2.45) is 7.05 Å². The molecule has 4 aromatic rings. The summed E-state index contributed by atoms with van der Waals surface area (Å²) in [5, 5.41) is 2.76. The number of nitrogens with zero attached hydrogens (tertiary/aromatic N) is 2. The Kier molecular flexibility index (Phi) is 3.30. The zero-order valence-electron chi connectivity index (χ0n) is 14.6. The zero-order valence-corrected chi connectivity index (χ0v) is 14.6. The topological polar surface area (TPSA) is 8.17 Å². The van der Waals surface area contributed by atoms with Gasteiger partial charge in [0.05, 0.1) is 5.52 Å². The van der Waals surface area contributed by atoms with Crippen LogP contribution in [-0.4, -0.2) is 17.7 Å². The lowest BCUT2D eigenvalue weighted by Crippen LogP contribution is -2.17. The Morgan fingerprint density at radius 3 is 2.24 bits per heavy atom. The normalized spacial score (nSPS) is 14.7. The summed E-state index contributed by atoms with van der Waals surface area (Å²) in [6.07, 6.45) is 2.59. The summed E-state index contributed by atoms with van der Waals surface area (Å²) in [7, 11) is 2.19. The van der Waals surface area contributed by atoms with Gasteiger partial charge in [-0.15, -0.1) is 0 Å². The first-order valence-electron chi connectivity index (χ1n) is 9.14. The largest absolute Gasteiger partial charge is 0.371 e. The number of para-hydroxylation sites is 1. The summed E-state index contributed by atoms with van der Waals surface area (Å²) in [6.45, 7) is 2.33. The molecule has 0 amide bonds. The maximum Gasteiger partial charge on any atom is 0.0516 e. The standard InChI is InChI=1S/C23H22N2/c1-24-20-12-6-5-11-19(20)23-21(24)15-18(17-9-3-2-4-10-17)16-22(23)25-13-7-8-14-25/h2-6,9-12,15-16H,7-8,13-14H2,1H3. The van der Waals surface area contributed by atoms with Crippen LogP contribution < -0.4 is 4.90 Å². The Balaban J connectivity index is 1.88. The highest BCUT2D eigenvalue weighted by molar-refractivity contribution is 6.15. The molecule has 1 aliphatic rings. The van der Waals surface area contributed by atoms with Gasteiger partial charge in [-0.3, -0.25) is 0 Å². The fourth-order valence-corrected chi connectivity index (χ4v) is 4.26. The summed E-state index contributed by atoms with van der Waals surface area (Å²) >= 11 is 0. The first-order valence-corrected chi connectivity index (χ1v) is 9.14. The van der Waals surface area contributed by atoms with Crippen molar-refractivity contribution < 1.29 is 0 Å². The maximum absolute atomic E-state index is 2.57. The first-order chi connectivity index (χ1) is 12.3. The molecular formula is C23H22N2. The van der Waals surface area contributed by atoms with Crippen LogP contribution >= 0.6 is 0 Å². The van der Waals surface area contributed by atoms with Gasteiger partial charge in [-0.1, -0.05) is 48.5 Å². The molecule has 0 bridgehead atoms. The molecule has 0 unspecified atom stereocenters. The molecule has 1 saturated heterocycles. The van der Waals surface area contributed by atoms with E-state index in [0.29, 0.717) is 0 Å². The van der Waals surface area contributed by atoms with Crippen molar-refractivity contribution in [2.45, 2.75) is 12.8 Å². The fraction of sp³-hybridized carbons (Fsp3) is 0.217. The highest BCUT2D eigenvalue weighted by Gasteiger charge is 2.20. The molecule has 25 heavy (non-hydrogen) atoms. The maximum atomic E-state index is 2.57. The smallest absolute Gasteiger partial charge is 0.0516 e. The van der Waals surface area contributed by atoms with Crippen molar-refractivity contribution in [3.05, 3.63) is 66.7 Å². The van der Waals surface area contributed by atoms with Crippen molar-refractivity contribution >= 4 is 27.5 Å².